The molecule has 4 aliphatic rings. The van der Waals surface area contributed by atoms with Gasteiger partial charge in [0.05, 0.1) is 6.61 Å². The van der Waals surface area contributed by atoms with Gasteiger partial charge in [0, 0.05) is 11.8 Å². The van der Waals surface area contributed by atoms with Crippen molar-refractivity contribution in [1.29, 1.82) is 0 Å². The van der Waals surface area contributed by atoms with Gasteiger partial charge in [-0.3, -0.25) is 4.79 Å². The molecule has 3 heteroatoms. The first kappa shape index (κ1) is 15.8. The molecular weight excluding hydrogens is 288 g/mol. The lowest BCUT2D eigenvalue weighted by molar-refractivity contribution is -0.195. The van der Waals surface area contributed by atoms with E-state index in [-0.39, 0.29) is 29.1 Å². The standard InChI is InChI=1S/C20H30O3/c1-17-6-4-15-18(2)10-13(22)16(23)19(3,12-21)14(18)5-7-20(15,11-17)9-8-17/h8-9,14-16,21,23H,4-7,10-12H2,1-3H3/t14-,15-,16+,17+,18+,19+,20-/m0/s1. The molecule has 3 fully saturated rings. The van der Waals surface area contributed by atoms with Crippen molar-refractivity contribution in [1.82, 2.24) is 0 Å². The first-order valence-electron chi connectivity index (χ1n) is 9.21. The van der Waals surface area contributed by atoms with E-state index in [1.165, 1.54) is 19.3 Å². The molecule has 23 heavy (non-hydrogen) atoms. The van der Waals surface area contributed by atoms with Gasteiger partial charge >= 0.3 is 0 Å². The summed E-state index contributed by atoms with van der Waals surface area (Å²) in [5.41, 5.74) is -0.188. The van der Waals surface area contributed by atoms with Crippen molar-refractivity contribution >= 4 is 5.78 Å². The first-order chi connectivity index (χ1) is 10.7. The lowest BCUT2D eigenvalue weighted by atomic mass is 9.40. The Labute approximate surface area is 139 Å². The van der Waals surface area contributed by atoms with E-state index in [1.54, 1.807) is 0 Å². The molecule has 0 heterocycles. The van der Waals surface area contributed by atoms with Crippen LogP contribution in [0.15, 0.2) is 12.2 Å². The predicted molar refractivity (Wildman–Crippen MR) is 88.7 cm³/mol. The number of ketones is 1. The molecule has 0 aromatic carbocycles. The van der Waals surface area contributed by atoms with Gasteiger partial charge in [-0.05, 0) is 60.2 Å². The molecule has 4 aliphatic carbocycles. The van der Waals surface area contributed by atoms with Gasteiger partial charge in [0.25, 0.3) is 0 Å². The third kappa shape index (κ3) is 1.81. The Balaban J connectivity index is 1.78. The molecule has 0 saturated heterocycles. The summed E-state index contributed by atoms with van der Waals surface area (Å²) in [5, 5.41) is 20.5. The fourth-order valence-corrected chi connectivity index (χ4v) is 7.28. The molecule has 2 bridgehead atoms. The maximum atomic E-state index is 12.6. The topological polar surface area (TPSA) is 57.5 Å². The average molecular weight is 318 g/mol. The van der Waals surface area contributed by atoms with Crippen molar-refractivity contribution in [2.45, 2.75) is 65.4 Å². The molecule has 0 aliphatic heterocycles. The predicted octanol–water partition coefficient (Wildman–Crippen LogP) is 3.10. The smallest absolute Gasteiger partial charge is 0.162 e. The summed E-state index contributed by atoms with van der Waals surface area (Å²) in [4.78, 5) is 12.6. The van der Waals surface area contributed by atoms with Gasteiger partial charge < -0.3 is 10.2 Å². The molecule has 1 spiro atoms. The highest BCUT2D eigenvalue weighted by molar-refractivity contribution is 5.85. The number of fused-ring (bicyclic) bond motifs is 3. The third-order valence-corrected chi connectivity index (χ3v) is 8.36. The highest BCUT2D eigenvalue weighted by atomic mass is 16.3. The number of aliphatic hydroxyl groups is 2. The Kier molecular flexibility index (Phi) is 3.09. The zero-order chi connectivity index (χ0) is 16.7. The van der Waals surface area contributed by atoms with Crippen LogP contribution in [0.25, 0.3) is 0 Å². The van der Waals surface area contributed by atoms with E-state index >= 15 is 0 Å². The van der Waals surface area contributed by atoms with Crippen LogP contribution in [0.1, 0.15) is 59.3 Å². The highest BCUT2D eigenvalue weighted by Crippen LogP contribution is 2.71. The molecule has 0 radical (unpaired) electrons. The van der Waals surface area contributed by atoms with Crippen molar-refractivity contribution in [2.24, 2.45) is 33.5 Å². The summed E-state index contributed by atoms with van der Waals surface area (Å²) in [6.07, 6.45) is 10.1. The quantitative estimate of drug-likeness (QED) is 0.731. The van der Waals surface area contributed by atoms with Crippen LogP contribution in [-0.2, 0) is 4.79 Å². The molecule has 2 N–H and O–H groups in total. The van der Waals surface area contributed by atoms with Crippen molar-refractivity contribution in [3.05, 3.63) is 12.2 Å². The van der Waals surface area contributed by atoms with Gasteiger partial charge in [-0.1, -0.05) is 32.9 Å². The number of allylic oxidation sites excluding steroid dienone is 2. The zero-order valence-electron chi connectivity index (χ0n) is 14.6. The van der Waals surface area contributed by atoms with Crippen molar-refractivity contribution in [2.75, 3.05) is 6.61 Å². The van der Waals surface area contributed by atoms with Crippen LogP contribution in [0.2, 0.25) is 0 Å². The van der Waals surface area contributed by atoms with E-state index in [0.717, 1.165) is 12.8 Å². The highest BCUT2D eigenvalue weighted by Gasteiger charge is 2.66. The van der Waals surface area contributed by atoms with Crippen LogP contribution in [-0.4, -0.2) is 28.7 Å². The number of Topliss-reactive ketones (excluding diaryl/α,β-unsaturated/α-hetero) is 1. The van der Waals surface area contributed by atoms with E-state index in [4.69, 9.17) is 0 Å². The monoisotopic (exact) mass is 318 g/mol. The van der Waals surface area contributed by atoms with Gasteiger partial charge in [-0.2, -0.15) is 0 Å². The fourth-order valence-electron chi connectivity index (χ4n) is 7.28. The minimum Gasteiger partial charge on any atom is -0.396 e. The third-order valence-electron chi connectivity index (χ3n) is 8.36. The van der Waals surface area contributed by atoms with Gasteiger partial charge in [0.2, 0.25) is 0 Å². The molecule has 3 saturated carbocycles. The molecule has 0 unspecified atom stereocenters. The van der Waals surface area contributed by atoms with Crippen LogP contribution in [0.3, 0.4) is 0 Å². The minimum atomic E-state index is -1.01. The first-order valence-corrected chi connectivity index (χ1v) is 9.21. The zero-order valence-corrected chi connectivity index (χ0v) is 14.6. The van der Waals surface area contributed by atoms with E-state index < -0.39 is 11.5 Å². The normalized spacial score (nSPS) is 58.0. The van der Waals surface area contributed by atoms with E-state index in [2.05, 4.69) is 26.0 Å². The van der Waals surface area contributed by atoms with E-state index in [0.29, 0.717) is 17.8 Å². The van der Waals surface area contributed by atoms with Crippen LogP contribution in [0, 0.1) is 33.5 Å². The second-order valence-electron chi connectivity index (χ2n) is 9.80. The van der Waals surface area contributed by atoms with Crippen molar-refractivity contribution < 1.29 is 15.0 Å². The SMILES string of the molecule is C[C@]12C=C[C@@]3(CC[C@@H]4[C@@](C)(CO)[C@H](O)C(=O)C[C@@]4(C)[C@@H]3CC1)C2. The summed E-state index contributed by atoms with van der Waals surface area (Å²) in [6.45, 7) is 6.47. The molecule has 7 atom stereocenters. The Morgan fingerprint density at radius 2 is 1.83 bits per heavy atom. The van der Waals surface area contributed by atoms with Crippen molar-refractivity contribution in [3.8, 4) is 0 Å². The lowest BCUT2D eigenvalue weighted by Gasteiger charge is -2.64. The summed E-state index contributed by atoms with van der Waals surface area (Å²) < 4.78 is 0. The number of rotatable bonds is 1. The van der Waals surface area contributed by atoms with Crippen LogP contribution in [0.5, 0.6) is 0 Å². The van der Waals surface area contributed by atoms with Crippen LogP contribution < -0.4 is 0 Å². The Morgan fingerprint density at radius 3 is 2.52 bits per heavy atom. The number of aliphatic hydroxyl groups excluding tert-OH is 2. The molecule has 0 amide bonds. The van der Waals surface area contributed by atoms with E-state index in [9.17, 15) is 15.0 Å². The Hall–Kier alpha value is -0.670. The maximum Gasteiger partial charge on any atom is 0.162 e. The summed E-state index contributed by atoms with van der Waals surface area (Å²) in [5.74, 6) is 0.664. The second kappa shape index (κ2) is 4.49. The van der Waals surface area contributed by atoms with Gasteiger partial charge in [0.15, 0.2) is 5.78 Å². The Bertz CT molecular complexity index is 583. The molecular formula is C20H30O3. The summed E-state index contributed by atoms with van der Waals surface area (Å²) >= 11 is 0. The van der Waals surface area contributed by atoms with Crippen LogP contribution in [0.4, 0.5) is 0 Å². The molecule has 0 aromatic heterocycles. The molecule has 3 nitrogen and oxygen atoms in total. The molecule has 0 aromatic rings. The summed E-state index contributed by atoms with van der Waals surface area (Å²) in [7, 11) is 0. The van der Waals surface area contributed by atoms with Gasteiger partial charge in [-0.15, -0.1) is 0 Å². The maximum absolute atomic E-state index is 12.6. The number of hydrogen-bond acceptors (Lipinski definition) is 3. The fraction of sp³-hybridized carbons (Fsp3) is 0.850. The number of hydrogen-bond donors (Lipinski definition) is 2. The number of carbonyl (C=O) groups is 1. The largest absolute Gasteiger partial charge is 0.396 e. The molecule has 128 valence electrons. The van der Waals surface area contributed by atoms with Crippen LogP contribution >= 0.6 is 0 Å². The van der Waals surface area contributed by atoms with Gasteiger partial charge in [0.1, 0.15) is 6.10 Å². The second-order valence-corrected chi connectivity index (χ2v) is 9.80. The summed E-state index contributed by atoms with van der Waals surface area (Å²) in [6, 6.07) is 0. The minimum absolute atomic E-state index is 0.0624. The van der Waals surface area contributed by atoms with E-state index in [1.807, 2.05) is 6.92 Å². The molecule has 4 rings (SSSR count). The number of carbonyl (C=O) groups excluding carboxylic acids is 1. The van der Waals surface area contributed by atoms with Gasteiger partial charge in [-0.25, -0.2) is 0 Å². The lowest BCUT2D eigenvalue weighted by Crippen LogP contribution is -2.64. The average Bonchev–Trinajstić information content (AvgIpc) is 2.74. The van der Waals surface area contributed by atoms with Crippen molar-refractivity contribution in [3.63, 3.8) is 0 Å². The Morgan fingerprint density at radius 1 is 1.13 bits per heavy atom.